The van der Waals surface area contributed by atoms with Crippen LogP contribution in [0.5, 0.6) is 5.75 Å². The molecular formula is C28H34N4O5S. The number of sulfonamides is 1. The van der Waals surface area contributed by atoms with Crippen LogP contribution in [0.25, 0.3) is 11.3 Å². The molecule has 1 aromatic carbocycles. The van der Waals surface area contributed by atoms with Gasteiger partial charge in [0.1, 0.15) is 11.6 Å². The molecule has 1 aliphatic heterocycles. The molecule has 0 spiro atoms. The topological polar surface area (TPSA) is 121 Å². The Morgan fingerprint density at radius 3 is 2.50 bits per heavy atom. The second-order valence-corrected chi connectivity index (χ2v) is 12.2. The second-order valence-electron chi connectivity index (χ2n) is 10.6. The summed E-state index contributed by atoms with van der Waals surface area (Å²) in [7, 11) is -4.40. The molecule has 0 aliphatic carbocycles. The summed E-state index contributed by atoms with van der Waals surface area (Å²) in [4.78, 5) is 34.1. The second kappa shape index (κ2) is 10.6. The van der Waals surface area contributed by atoms with E-state index in [1.54, 1.807) is 12.1 Å². The third kappa shape index (κ3) is 5.60. The van der Waals surface area contributed by atoms with Gasteiger partial charge in [-0.3, -0.25) is 9.59 Å². The molecule has 2 aromatic heterocycles. The molecule has 1 unspecified atom stereocenters. The van der Waals surface area contributed by atoms with Gasteiger partial charge < -0.3 is 14.6 Å². The van der Waals surface area contributed by atoms with E-state index in [1.807, 2.05) is 24.3 Å². The highest BCUT2D eigenvalue weighted by Gasteiger charge is 2.41. The minimum Gasteiger partial charge on any atom is -0.493 e. The van der Waals surface area contributed by atoms with Crippen molar-refractivity contribution >= 4 is 21.7 Å². The average Bonchev–Trinajstić information content (AvgIpc) is 3.14. The maximum absolute atomic E-state index is 13.3. The number of pyridine rings is 2. The predicted molar refractivity (Wildman–Crippen MR) is 147 cm³/mol. The molecule has 4 rings (SSSR count). The van der Waals surface area contributed by atoms with Gasteiger partial charge >= 0.3 is 0 Å². The Morgan fingerprint density at radius 1 is 1.18 bits per heavy atom. The van der Waals surface area contributed by atoms with Crippen molar-refractivity contribution in [3.63, 3.8) is 0 Å². The Morgan fingerprint density at radius 2 is 1.89 bits per heavy atom. The quantitative estimate of drug-likeness (QED) is 0.440. The molecular weight excluding hydrogens is 504 g/mol. The largest absolute Gasteiger partial charge is 0.493 e. The lowest BCUT2D eigenvalue weighted by atomic mass is 9.90. The van der Waals surface area contributed by atoms with Crippen LogP contribution in [0.2, 0.25) is 0 Å². The lowest BCUT2D eigenvalue weighted by molar-refractivity contribution is 0.0981. The number of hydrogen-bond acceptors (Lipinski definition) is 7. The molecule has 9 nitrogen and oxygen atoms in total. The number of nitrogens with zero attached hydrogens (tertiary/aromatic N) is 2. The monoisotopic (exact) mass is 538 g/mol. The molecule has 1 aliphatic rings. The van der Waals surface area contributed by atoms with Crippen LogP contribution < -0.4 is 19.9 Å². The number of benzene rings is 1. The molecule has 3 heterocycles. The number of hydrogen-bond donors (Lipinski definition) is 2. The molecule has 0 bridgehead atoms. The van der Waals surface area contributed by atoms with Gasteiger partial charge in [-0.05, 0) is 80.6 Å². The Bertz CT molecular complexity index is 1480. The van der Waals surface area contributed by atoms with E-state index in [2.05, 4.69) is 49.2 Å². The first kappa shape index (κ1) is 27.4. The van der Waals surface area contributed by atoms with Crippen molar-refractivity contribution in [2.45, 2.75) is 51.5 Å². The number of rotatable bonds is 8. The Hall–Kier alpha value is -3.66. The summed E-state index contributed by atoms with van der Waals surface area (Å²) in [5.41, 5.74) is 0.471. The number of carbonyl (C=O) groups is 1. The average molecular weight is 539 g/mol. The maximum atomic E-state index is 13.3. The van der Waals surface area contributed by atoms with Crippen molar-refractivity contribution in [2.75, 3.05) is 18.1 Å². The first-order valence-electron chi connectivity index (χ1n) is 12.7. The van der Waals surface area contributed by atoms with Gasteiger partial charge in [0, 0.05) is 23.8 Å². The van der Waals surface area contributed by atoms with Crippen molar-refractivity contribution < 1.29 is 17.9 Å². The number of anilines is 1. The standard InChI is InChI=1S/C28H34N4O5S/c1-18(2)17-37-21-10-8-20(9-11-21)23-13-12-22(25(30-23)32-16-14-19(3)28(32,4)5)26(33)31-38(35,36)24-7-6-15-29-27(24)34/h6-13,15,18-19H,14,16-17H2,1-5H3,(H,29,34)(H,31,33). The zero-order chi connectivity index (χ0) is 27.7. The minimum absolute atomic E-state index is 0.115. The van der Waals surface area contributed by atoms with E-state index in [4.69, 9.17) is 9.72 Å². The number of carbonyl (C=O) groups excluding carboxylic acids is 1. The van der Waals surface area contributed by atoms with Crippen LogP contribution in [0.3, 0.4) is 0 Å². The van der Waals surface area contributed by atoms with E-state index in [-0.39, 0.29) is 11.1 Å². The normalized spacial score (nSPS) is 17.0. The van der Waals surface area contributed by atoms with Gasteiger partial charge in [0.2, 0.25) is 0 Å². The molecule has 202 valence electrons. The molecule has 1 fully saturated rings. The molecule has 1 atom stereocenters. The smallest absolute Gasteiger partial charge is 0.269 e. The molecule has 3 aromatic rings. The molecule has 0 radical (unpaired) electrons. The Labute approximate surface area is 223 Å². The van der Waals surface area contributed by atoms with Crippen molar-refractivity contribution in [3.05, 3.63) is 70.6 Å². The van der Waals surface area contributed by atoms with E-state index in [9.17, 15) is 18.0 Å². The summed E-state index contributed by atoms with van der Waals surface area (Å²) in [6, 6.07) is 13.4. The van der Waals surface area contributed by atoms with Gasteiger partial charge in [-0.1, -0.05) is 20.8 Å². The highest BCUT2D eigenvalue weighted by molar-refractivity contribution is 7.90. The van der Waals surface area contributed by atoms with Crippen LogP contribution in [0.4, 0.5) is 5.82 Å². The van der Waals surface area contributed by atoms with Gasteiger partial charge in [0.25, 0.3) is 21.5 Å². The summed E-state index contributed by atoms with van der Waals surface area (Å²) in [5.74, 6) is 1.04. The highest BCUT2D eigenvalue weighted by atomic mass is 32.2. The number of aromatic amines is 1. The number of H-pyrrole nitrogens is 1. The number of ether oxygens (including phenoxy) is 1. The predicted octanol–water partition coefficient (Wildman–Crippen LogP) is 4.22. The first-order valence-corrected chi connectivity index (χ1v) is 14.1. The molecule has 10 heteroatoms. The van der Waals surface area contributed by atoms with Crippen LogP contribution in [0, 0.1) is 11.8 Å². The molecule has 1 saturated heterocycles. The van der Waals surface area contributed by atoms with Crippen molar-refractivity contribution in [2.24, 2.45) is 11.8 Å². The van der Waals surface area contributed by atoms with Gasteiger partial charge in [-0.15, -0.1) is 0 Å². The van der Waals surface area contributed by atoms with E-state index in [1.165, 1.54) is 12.3 Å². The lowest BCUT2D eigenvalue weighted by Gasteiger charge is -2.36. The Balaban J connectivity index is 1.72. The van der Waals surface area contributed by atoms with Crippen LogP contribution in [0.15, 0.2) is 64.4 Å². The fourth-order valence-electron chi connectivity index (χ4n) is 4.44. The third-order valence-corrected chi connectivity index (χ3v) is 8.45. The summed E-state index contributed by atoms with van der Waals surface area (Å²) in [6.45, 7) is 11.8. The summed E-state index contributed by atoms with van der Waals surface area (Å²) < 4.78 is 33.6. The van der Waals surface area contributed by atoms with Gasteiger partial charge in [-0.2, -0.15) is 0 Å². The maximum Gasteiger partial charge on any atom is 0.269 e. The highest BCUT2D eigenvalue weighted by Crippen LogP contribution is 2.39. The van der Waals surface area contributed by atoms with E-state index >= 15 is 0 Å². The molecule has 38 heavy (non-hydrogen) atoms. The minimum atomic E-state index is -4.40. The molecule has 2 N–H and O–H groups in total. The Kier molecular flexibility index (Phi) is 7.64. The van der Waals surface area contributed by atoms with E-state index < -0.39 is 26.4 Å². The fourth-order valence-corrected chi connectivity index (χ4v) is 5.46. The van der Waals surface area contributed by atoms with Crippen molar-refractivity contribution in [1.29, 1.82) is 0 Å². The van der Waals surface area contributed by atoms with Crippen LogP contribution in [-0.4, -0.2) is 43.0 Å². The number of nitrogens with one attached hydrogen (secondary N) is 2. The lowest BCUT2D eigenvalue weighted by Crippen LogP contribution is -2.44. The van der Waals surface area contributed by atoms with E-state index in [0.29, 0.717) is 36.5 Å². The van der Waals surface area contributed by atoms with Crippen LogP contribution in [-0.2, 0) is 10.0 Å². The number of amides is 1. The van der Waals surface area contributed by atoms with Crippen LogP contribution >= 0.6 is 0 Å². The van der Waals surface area contributed by atoms with Crippen molar-refractivity contribution in [3.8, 4) is 17.0 Å². The van der Waals surface area contributed by atoms with Crippen molar-refractivity contribution in [1.82, 2.24) is 14.7 Å². The molecule has 1 amide bonds. The van der Waals surface area contributed by atoms with Gasteiger partial charge in [0.15, 0.2) is 4.90 Å². The summed E-state index contributed by atoms with van der Waals surface area (Å²) >= 11 is 0. The van der Waals surface area contributed by atoms with E-state index in [0.717, 1.165) is 23.8 Å². The van der Waals surface area contributed by atoms with Gasteiger partial charge in [-0.25, -0.2) is 18.1 Å². The van der Waals surface area contributed by atoms with Gasteiger partial charge in [0.05, 0.1) is 17.9 Å². The zero-order valence-electron chi connectivity index (χ0n) is 22.3. The zero-order valence-corrected chi connectivity index (χ0v) is 23.1. The third-order valence-electron chi connectivity index (χ3n) is 7.09. The first-order chi connectivity index (χ1) is 17.9. The fraction of sp³-hybridized carbons (Fsp3) is 0.393. The number of aromatic nitrogens is 2. The SMILES string of the molecule is CC(C)COc1ccc(-c2ccc(C(=O)NS(=O)(=O)c3ccc[nH]c3=O)c(N3CCC(C)C3(C)C)n2)cc1. The molecule has 0 saturated carbocycles. The summed E-state index contributed by atoms with van der Waals surface area (Å²) in [6.07, 6.45) is 2.23. The summed E-state index contributed by atoms with van der Waals surface area (Å²) in [5, 5.41) is 0. The van der Waals surface area contributed by atoms with Crippen LogP contribution in [0.1, 0.15) is 51.4 Å².